The number of benzene rings is 1. The predicted molar refractivity (Wildman–Crippen MR) is 87.9 cm³/mol. The van der Waals surface area contributed by atoms with E-state index in [-0.39, 0.29) is 16.8 Å². The van der Waals surface area contributed by atoms with Crippen LogP contribution in [0.2, 0.25) is 0 Å². The summed E-state index contributed by atoms with van der Waals surface area (Å²) in [5.41, 5.74) is 0.830. The average molecular weight is 344 g/mol. The van der Waals surface area contributed by atoms with Crippen LogP contribution in [0.15, 0.2) is 58.4 Å². The lowest BCUT2D eigenvalue weighted by molar-refractivity contribution is -0.115. The largest absolute Gasteiger partial charge is 0.411 e. The lowest BCUT2D eigenvalue weighted by Gasteiger charge is -2.10. The third kappa shape index (κ3) is 3.77. The quantitative estimate of drug-likeness (QED) is 0.715. The zero-order chi connectivity index (χ0) is 16.9. The van der Waals surface area contributed by atoms with Crippen molar-refractivity contribution in [3.63, 3.8) is 0 Å². The Balaban J connectivity index is 1.65. The Hall–Kier alpha value is -2.74. The number of aromatic nitrogens is 3. The molecular formula is C16H13FN4O2S. The first-order valence-corrected chi connectivity index (χ1v) is 7.97. The van der Waals surface area contributed by atoms with Crippen LogP contribution in [0.5, 0.6) is 0 Å². The molecule has 8 heteroatoms. The van der Waals surface area contributed by atoms with Gasteiger partial charge in [-0.05, 0) is 31.2 Å². The van der Waals surface area contributed by atoms with E-state index in [1.54, 1.807) is 43.6 Å². The predicted octanol–water partition coefficient (Wildman–Crippen LogP) is 3.39. The third-order valence-corrected chi connectivity index (χ3v) is 4.03. The van der Waals surface area contributed by atoms with Crippen molar-refractivity contribution >= 4 is 23.4 Å². The van der Waals surface area contributed by atoms with E-state index in [2.05, 4.69) is 20.5 Å². The molecule has 1 atom stereocenters. The Morgan fingerprint density at radius 2 is 2.08 bits per heavy atom. The van der Waals surface area contributed by atoms with Gasteiger partial charge in [-0.25, -0.2) is 4.39 Å². The minimum atomic E-state index is -0.535. The number of rotatable bonds is 5. The molecule has 0 spiro atoms. The number of nitrogens with one attached hydrogen (secondary N) is 1. The van der Waals surface area contributed by atoms with Gasteiger partial charge in [0.15, 0.2) is 0 Å². The van der Waals surface area contributed by atoms with Crippen LogP contribution in [0.3, 0.4) is 0 Å². The summed E-state index contributed by atoms with van der Waals surface area (Å²) in [4.78, 5) is 16.1. The lowest BCUT2D eigenvalue weighted by Crippen LogP contribution is -2.22. The first-order chi connectivity index (χ1) is 11.6. The maximum absolute atomic E-state index is 13.6. The summed E-state index contributed by atoms with van der Waals surface area (Å²) < 4.78 is 19.1. The number of nitrogens with zero attached hydrogens (tertiary/aromatic N) is 3. The minimum absolute atomic E-state index is 0.136. The summed E-state index contributed by atoms with van der Waals surface area (Å²) in [6.45, 7) is 1.68. The summed E-state index contributed by atoms with van der Waals surface area (Å²) in [5, 5.41) is 10.1. The molecule has 0 saturated carbocycles. The zero-order valence-corrected chi connectivity index (χ0v) is 13.5. The van der Waals surface area contributed by atoms with Gasteiger partial charge in [-0.3, -0.25) is 9.78 Å². The van der Waals surface area contributed by atoms with Crippen molar-refractivity contribution in [1.29, 1.82) is 0 Å². The summed E-state index contributed by atoms with van der Waals surface area (Å²) in [7, 11) is 0. The molecule has 122 valence electrons. The van der Waals surface area contributed by atoms with Crippen LogP contribution >= 0.6 is 11.8 Å². The number of anilines is 1. The average Bonchev–Trinajstić information content (AvgIpc) is 3.06. The molecule has 2 aromatic heterocycles. The standard InChI is InChI=1S/C16H13FN4O2S/c1-10(14(22)19-13-7-3-2-6-12(13)17)24-16-21-20-15(23-16)11-5-4-8-18-9-11/h2-10H,1H3,(H,19,22)/t10-/m1/s1. The SMILES string of the molecule is C[C@@H](Sc1nnc(-c2cccnc2)o1)C(=O)Nc1ccccc1F. The summed E-state index contributed by atoms with van der Waals surface area (Å²) in [6, 6.07) is 9.54. The van der Waals surface area contributed by atoms with Gasteiger partial charge >= 0.3 is 0 Å². The zero-order valence-electron chi connectivity index (χ0n) is 12.6. The maximum Gasteiger partial charge on any atom is 0.277 e. The first kappa shape index (κ1) is 16.1. The lowest BCUT2D eigenvalue weighted by atomic mass is 10.3. The van der Waals surface area contributed by atoms with E-state index in [4.69, 9.17) is 4.42 Å². The molecule has 1 aromatic carbocycles. The molecule has 0 aliphatic heterocycles. The van der Waals surface area contributed by atoms with Gasteiger partial charge < -0.3 is 9.73 Å². The van der Waals surface area contributed by atoms with Crippen LogP contribution in [-0.2, 0) is 4.79 Å². The van der Waals surface area contributed by atoms with E-state index in [9.17, 15) is 9.18 Å². The normalized spacial score (nSPS) is 11.9. The molecule has 3 aromatic rings. The van der Waals surface area contributed by atoms with Crippen LogP contribution in [-0.4, -0.2) is 26.3 Å². The number of hydrogen-bond donors (Lipinski definition) is 1. The van der Waals surface area contributed by atoms with Crippen molar-refractivity contribution in [3.05, 3.63) is 54.6 Å². The van der Waals surface area contributed by atoms with E-state index in [0.717, 1.165) is 11.8 Å². The Morgan fingerprint density at radius 3 is 2.83 bits per heavy atom. The van der Waals surface area contributed by atoms with Crippen molar-refractivity contribution in [2.24, 2.45) is 0 Å². The second kappa shape index (κ2) is 7.22. The first-order valence-electron chi connectivity index (χ1n) is 7.09. The molecule has 0 saturated heterocycles. The van der Waals surface area contributed by atoms with Crippen LogP contribution in [0.4, 0.5) is 10.1 Å². The van der Waals surface area contributed by atoms with Gasteiger partial charge in [0.25, 0.3) is 5.22 Å². The van der Waals surface area contributed by atoms with E-state index in [1.165, 1.54) is 12.1 Å². The van der Waals surface area contributed by atoms with E-state index < -0.39 is 11.1 Å². The van der Waals surface area contributed by atoms with Gasteiger partial charge in [-0.15, -0.1) is 10.2 Å². The molecule has 0 aliphatic carbocycles. The molecule has 1 N–H and O–H groups in total. The van der Waals surface area contributed by atoms with Crippen molar-refractivity contribution in [1.82, 2.24) is 15.2 Å². The smallest absolute Gasteiger partial charge is 0.277 e. The van der Waals surface area contributed by atoms with Crippen LogP contribution < -0.4 is 5.32 Å². The van der Waals surface area contributed by atoms with Crippen LogP contribution in [0.1, 0.15) is 6.92 Å². The number of hydrogen-bond acceptors (Lipinski definition) is 6. The molecule has 0 radical (unpaired) electrons. The Labute approximate surface area is 141 Å². The van der Waals surface area contributed by atoms with E-state index >= 15 is 0 Å². The van der Waals surface area contributed by atoms with Crippen molar-refractivity contribution in [2.75, 3.05) is 5.32 Å². The summed E-state index contributed by atoms with van der Waals surface area (Å²) >= 11 is 1.10. The van der Waals surface area contributed by atoms with Gasteiger partial charge in [0.1, 0.15) is 5.82 Å². The number of halogens is 1. The van der Waals surface area contributed by atoms with Gasteiger partial charge in [-0.2, -0.15) is 0 Å². The number of carbonyl (C=O) groups excluding carboxylic acids is 1. The van der Waals surface area contributed by atoms with Gasteiger partial charge in [-0.1, -0.05) is 23.9 Å². The number of amides is 1. The maximum atomic E-state index is 13.6. The highest BCUT2D eigenvalue weighted by Gasteiger charge is 2.19. The third-order valence-electron chi connectivity index (χ3n) is 3.09. The highest BCUT2D eigenvalue weighted by molar-refractivity contribution is 8.00. The number of carbonyl (C=O) groups is 1. The van der Waals surface area contributed by atoms with Gasteiger partial charge in [0.05, 0.1) is 16.5 Å². The van der Waals surface area contributed by atoms with Crippen LogP contribution in [0, 0.1) is 5.82 Å². The molecule has 6 nitrogen and oxygen atoms in total. The number of thioether (sulfide) groups is 1. The Bertz CT molecular complexity index is 841. The van der Waals surface area contributed by atoms with Gasteiger partial charge in [0, 0.05) is 12.4 Å². The topological polar surface area (TPSA) is 80.9 Å². The van der Waals surface area contributed by atoms with Crippen molar-refractivity contribution in [2.45, 2.75) is 17.4 Å². The molecule has 24 heavy (non-hydrogen) atoms. The second-order valence-corrected chi connectivity index (χ2v) is 6.14. The highest BCUT2D eigenvalue weighted by Crippen LogP contribution is 2.26. The van der Waals surface area contributed by atoms with Gasteiger partial charge in [0.2, 0.25) is 11.8 Å². The Kier molecular flexibility index (Phi) is 4.85. The minimum Gasteiger partial charge on any atom is -0.411 e. The highest BCUT2D eigenvalue weighted by atomic mass is 32.2. The fourth-order valence-corrected chi connectivity index (χ4v) is 2.55. The second-order valence-electron chi connectivity index (χ2n) is 4.84. The molecule has 0 bridgehead atoms. The van der Waals surface area contributed by atoms with E-state index in [0.29, 0.717) is 11.5 Å². The molecule has 0 unspecified atom stereocenters. The van der Waals surface area contributed by atoms with E-state index in [1.807, 2.05) is 0 Å². The molecule has 2 heterocycles. The fraction of sp³-hybridized carbons (Fsp3) is 0.125. The molecule has 0 aliphatic rings. The molecule has 1 amide bonds. The molecule has 3 rings (SSSR count). The monoisotopic (exact) mass is 344 g/mol. The molecule has 0 fully saturated rings. The Morgan fingerprint density at radius 1 is 1.25 bits per heavy atom. The number of para-hydroxylation sites is 1. The summed E-state index contributed by atoms with van der Waals surface area (Å²) in [6.07, 6.45) is 3.25. The van der Waals surface area contributed by atoms with Crippen LogP contribution in [0.25, 0.3) is 11.5 Å². The van der Waals surface area contributed by atoms with Crippen molar-refractivity contribution < 1.29 is 13.6 Å². The van der Waals surface area contributed by atoms with Crippen molar-refractivity contribution in [3.8, 4) is 11.5 Å². The number of pyridine rings is 1. The fourth-order valence-electron chi connectivity index (χ4n) is 1.87. The summed E-state index contributed by atoms with van der Waals surface area (Å²) in [5.74, 6) is -0.516. The molecular weight excluding hydrogens is 331 g/mol.